The summed E-state index contributed by atoms with van der Waals surface area (Å²) in [7, 11) is -3.93. The van der Waals surface area contributed by atoms with Crippen LogP contribution < -0.4 is 21.6 Å². The molecule has 0 saturated carbocycles. The molecular weight excluding hydrogens is 820 g/mol. The molecule has 270 valence electrons. The van der Waals surface area contributed by atoms with Crippen molar-refractivity contribution in [3.63, 3.8) is 0 Å². The summed E-state index contributed by atoms with van der Waals surface area (Å²) in [5.41, 5.74) is 4.62. The van der Waals surface area contributed by atoms with Crippen molar-refractivity contribution in [3.8, 4) is 11.1 Å². The third-order valence-corrected chi connectivity index (χ3v) is 12.4. The molecule has 0 spiro atoms. The van der Waals surface area contributed by atoms with Crippen molar-refractivity contribution in [3.05, 3.63) is 106 Å². The van der Waals surface area contributed by atoms with E-state index in [1.165, 1.54) is 38.5 Å². The van der Waals surface area contributed by atoms with E-state index in [2.05, 4.69) is 14.0 Å². The summed E-state index contributed by atoms with van der Waals surface area (Å²) in [6.45, 7) is 2.83. The molecule has 0 fully saturated rings. The van der Waals surface area contributed by atoms with Crippen LogP contribution in [0.4, 0.5) is 39.5 Å². The van der Waals surface area contributed by atoms with E-state index < -0.39 is 60.8 Å². The zero-order chi connectivity index (χ0) is 36.9. The van der Waals surface area contributed by atoms with Crippen LogP contribution in [0, 0.1) is 3.57 Å². The predicted octanol–water partition coefficient (Wildman–Crippen LogP) is 5.92. The van der Waals surface area contributed by atoms with Gasteiger partial charge in [-0.25, -0.2) is 0 Å². The Hall–Kier alpha value is -3.39. The van der Waals surface area contributed by atoms with Crippen LogP contribution in [0.1, 0.15) is 18.1 Å². The molecule has 0 saturated heterocycles. The first-order valence-electron chi connectivity index (χ1n) is 14.4. The predicted molar refractivity (Wildman–Crippen MR) is 161 cm³/mol. The molecule has 0 aliphatic carbocycles. The second kappa shape index (κ2) is 13.3. The van der Waals surface area contributed by atoms with Crippen molar-refractivity contribution in [1.82, 2.24) is 4.57 Å². The Morgan fingerprint density at radius 1 is 0.660 bits per heavy atom. The maximum atomic E-state index is 14.0. The fourth-order valence-electron chi connectivity index (χ4n) is 5.53. The van der Waals surface area contributed by atoms with Gasteiger partial charge < -0.3 is 4.57 Å². The second-order valence-corrected chi connectivity index (χ2v) is 15.2. The molecule has 1 heterocycles. The molecule has 0 radical (unpaired) electrons. The molecule has 0 bridgehead atoms. The van der Waals surface area contributed by atoms with E-state index in [9.17, 15) is 47.9 Å². The molecule has 0 aliphatic heterocycles. The number of rotatable bonds is 12. The Kier molecular flexibility index (Phi) is 10.1. The first kappa shape index (κ1) is 37.9. The molecular formula is C33H26F9INO5S-. The Balaban J connectivity index is 1.36. The first-order valence-corrected chi connectivity index (χ1v) is 17.8. The van der Waals surface area contributed by atoms with Crippen LogP contribution in [0.2, 0.25) is 0 Å². The van der Waals surface area contributed by atoms with Crippen molar-refractivity contribution in [2.45, 2.75) is 42.5 Å². The summed E-state index contributed by atoms with van der Waals surface area (Å²) in [5.74, 6) is -16.0. The number of hydrogen-bond acceptors (Lipinski definition) is 5. The third kappa shape index (κ3) is 6.03. The fourth-order valence-corrected chi connectivity index (χ4v) is 8.87. The number of aromatic nitrogens is 1. The van der Waals surface area contributed by atoms with Crippen molar-refractivity contribution in [1.29, 1.82) is 0 Å². The molecule has 5 aromatic rings. The zero-order valence-electron chi connectivity index (χ0n) is 26.0. The molecule has 1 aromatic heterocycles. The van der Waals surface area contributed by atoms with E-state index in [1.54, 1.807) is 24.3 Å². The fraction of sp³-hybridized carbons (Fsp3) is 0.273. The molecule has 0 aliphatic rings. The molecule has 50 heavy (non-hydrogen) atoms. The Bertz CT molecular complexity index is 2110. The minimum absolute atomic E-state index is 0.0907. The van der Waals surface area contributed by atoms with Crippen molar-refractivity contribution in [2.24, 2.45) is 0 Å². The van der Waals surface area contributed by atoms with Crippen molar-refractivity contribution < 1.29 is 81.5 Å². The topological polar surface area (TPSA) is 66.8 Å². The van der Waals surface area contributed by atoms with Gasteiger partial charge in [0.05, 0.1) is 0 Å². The Morgan fingerprint density at radius 3 is 1.72 bits per heavy atom. The number of nitrogens with zero attached hydrogens (tertiary/aromatic N) is 1. The molecule has 4 aromatic carbocycles. The maximum absolute atomic E-state index is 14.0. The molecule has 0 N–H and O–H groups in total. The van der Waals surface area contributed by atoms with Gasteiger partial charge in [0, 0.05) is 23.0 Å². The smallest absolute Gasteiger partial charge is 0.0491 e. The number of hydrogen-bond donors (Lipinski definition) is 0. The number of methoxy groups -OCH3 is 2. The van der Waals surface area contributed by atoms with Crippen molar-refractivity contribution in [2.75, 3.05) is 14.2 Å². The van der Waals surface area contributed by atoms with E-state index in [-0.39, 0.29) is 3.57 Å². The number of para-hydroxylation sites is 1. The van der Waals surface area contributed by atoms with E-state index in [4.69, 9.17) is 9.47 Å². The molecule has 0 atom stereocenters. The normalized spacial score (nSPS) is 13.8. The summed E-state index contributed by atoms with van der Waals surface area (Å²) >= 11 is -2.56. The van der Waals surface area contributed by atoms with Gasteiger partial charge >= 0.3 is 233 Å². The average molecular weight is 847 g/mol. The second-order valence-electron chi connectivity index (χ2n) is 10.9. The molecule has 0 amide bonds. The molecule has 6 nitrogen and oxygen atoms in total. The summed E-state index contributed by atoms with van der Waals surface area (Å²) in [6.07, 6.45) is -7.17. The van der Waals surface area contributed by atoms with Gasteiger partial charge in [0.15, 0.2) is 0 Å². The summed E-state index contributed by atoms with van der Waals surface area (Å²) < 4.78 is 160. The van der Waals surface area contributed by atoms with Gasteiger partial charge in [-0.05, 0) is 13.0 Å². The van der Waals surface area contributed by atoms with Crippen LogP contribution in [-0.4, -0.2) is 50.5 Å². The quantitative estimate of drug-likeness (QED) is 0.0888. The van der Waals surface area contributed by atoms with Gasteiger partial charge in [-0.3, -0.25) is 0 Å². The molecule has 5 rings (SSSR count). The number of halogens is 10. The zero-order valence-corrected chi connectivity index (χ0v) is 29.0. The number of ether oxygens (including phenoxy) is 2. The van der Waals surface area contributed by atoms with E-state index in [0.717, 1.165) is 33.9 Å². The van der Waals surface area contributed by atoms with E-state index >= 15 is 0 Å². The third-order valence-electron chi connectivity index (χ3n) is 8.12. The Labute approximate surface area is 290 Å². The number of fused-ring (bicyclic) bond motifs is 3. The van der Waals surface area contributed by atoms with Crippen LogP contribution >= 0.6 is 0 Å². The van der Waals surface area contributed by atoms with Gasteiger partial charge in [-0.1, -0.05) is 18.2 Å². The summed E-state index contributed by atoms with van der Waals surface area (Å²) in [5, 5.41) is -4.84. The monoisotopic (exact) mass is 846 g/mol. The first-order chi connectivity index (χ1) is 23.3. The average Bonchev–Trinajstić information content (AvgIpc) is 3.41. The van der Waals surface area contributed by atoms with Crippen LogP contribution in [0.15, 0.2) is 91.0 Å². The minimum Gasteiger partial charge on any atom is 0.0491 e. The van der Waals surface area contributed by atoms with Crippen LogP contribution in [-0.2, 0) is 34.4 Å². The SMILES string of the molecule is CCn1c2ccccc2c2cc(C(OC)(OC)c3ccc(-c4ccc([I-]OS(=O)(=O)C(F)(F)C(F)(F)C(F)(F)C(F)(F)F)cc4)cc3)ccc21. The van der Waals surface area contributed by atoms with E-state index in [1.807, 2.05) is 42.5 Å². The number of benzene rings is 4. The molecule has 17 heteroatoms. The van der Waals surface area contributed by atoms with Crippen LogP contribution in [0.5, 0.6) is 0 Å². The number of alkyl halides is 9. The van der Waals surface area contributed by atoms with Crippen molar-refractivity contribution >= 4 is 31.9 Å². The van der Waals surface area contributed by atoms with Gasteiger partial charge in [0.2, 0.25) is 0 Å². The molecule has 0 unspecified atom stereocenters. The van der Waals surface area contributed by atoms with Gasteiger partial charge in [-0.2, -0.15) is 0 Å². The van der Waals surface area contributed by atoms with Gasteiger partial charge in [-0.15, -0.1) is 0 Å². The van der Waals surface area contributed by atoms with Crippen LogP contribution in [0.25, 0.3) is 32.9 Å². The Morgan fingerprint density at radius 2 is 1.18 bits per heavy atom. The van der Waals surface area contributed by atoms with Gasteiger partial charge in [0.1, 0.15) is 0 Å². The number of aryl methyl sites for hydroxylation is 1. The van der Waals surface area contributed by atoms with Crippen LogP contribution in [0.3, 0.4) is 0 Å². The minimum atomic E-state index is -7.37. The standard InChI is InChI=1S/C33H26F9INO5S/c1-4-44-27-8-6-5-7-25(27)26-19-23(15-18-28(26)44)29(47-2,48-3)22-13-9-20(10-14-22)21-11-16-24(17-12-21)43-49-50(45,46)33(41,42)31(36,37)30(34,35)32(38,39)40/h5-19H,4H2,1-3H3/q-1. The summed E-state index contributed by atoms with van der Waals surface area (Å²) in [4.78, 5) is 0. The van der Waals surface area contributed by atoms with E-state index in [0.29, 0.717) is 16.7 Å². The van der Waals surface area contributed by atoms with Gasteiger partial charge in [0.25, 0.3) is 0 Å². The summed E-state index contributed by atoms with van der Waals surface area (Å²) in [6, 6.07) is 26.1.